The summed E-state index contributed by atoms with van der Waals surface area (Å²) in [5.41, 5.74) is -0.981. The van der Waals surface area contributed by atoms with E-state index in [1.165, 1.54) is 19.2 Å². The number of aryl methyl sites for hydroxylation is 1. The van der Waals surface area contributed by atoms with E-state index >= 15 is 0 Å². The molecule has 0 unspecified atom stereocenters. The molecular formula is C26H22F3IO4S. The quantitative estimate of drug-likeness (QED) is 0.144. The lowest BCUT2D eigenvalue weighted by atomic mass is 9.98. The Morgan fingerprint density at radius 3 is 2.17 bits per heavy atom. The first-order valence-corrected chi connectivity index (χ1v) is 12.3. The van der Waals surface area contributed by atoms with Crippen LogP contribution >= 0.6 is 34.4 Å². The Bertz CT molecular complexity index is 1180. The Labute approximate surface area is 219 Å². The molecule has 9 heteroatoms. The zero-order valence-corrected chi connectivity index (χ0v) is 21.9. The zero-order chi connectivity index (χ0) is 25.4. The van der Waals surface area contributed by atoms with Gasteiger partial charge in [-0.05, 0) is 112 Å². The van der Waals surface area contributed by atoms with Crippen molar-refractivity contribution in [3.05, 3.63) is 93.1 Å². The smallest absolute Gasteiger partial charge is 0.446 e. The third kappa shape index (κ3) is 8.50. The Morgan fingerprint density at radius 2 is 1.60 bits per heavy atom. The largest absolute Gasteiger partial charge is 0.489 e. The molecule has 0 atom stereocenters. The number of halogens is 4. The minimum Gasteiger partial charge on any atom is -0.489 e. The number of thioether (sulfide) groups is 1. The van der Waals surface area contributed by atoms with Gasteiger partial charge in [0.15, 0.2) is 6.61 Å². The third-order valence-electron chi connectivity index (χ3n) is 4.81. The standard InChI is InChI=1S/C26H22F3IO4S/c1-17-15-21(9-12-24(17)34-16-25(31)32-2)33-14-13-23(18-3-7-20(30)8-4-18)19-5-10-22(11-6-19)35-26(27,28)29/h3-13,15H,14,16H2,1-2H3/b23-13+. The van der Waals surface area contributed by atoms with E-state index in [1.54, 1.807) is 30.3 Å². The predicted molar refractivity (Wildman–Crippen MR) is 139 cm³/mol. The highest BCUT2D eigenvalue weighted by Crippen LogP contribution is 2.37. The normalized spacial score (nSPS) is 11.8. The van der Waals surface area contributed by atoms with Crippen LogP contribution < -0.4 is 9.47 Å². The van der Waals surface area contributed by atoms with Crippen LogP contribution in [0.5, 0.6) is 11.5 Å². The summed E-state index contributed by atoms with van der Waals surface area (Å²) in [4.78, 5) is 11.4. The third-order valence-corrected chi connectivity index (χ3v) is 6.27. The fourth-order valence-corrected chi connectivity index (χ4v) is 4.06. The minimum absolute atomic E-state index is 0.129. The summed E-state index contributed by atoms with van der Waals surface area (Å²) in [5, 5.41) is 0. The van der Waals surface area contributed by atoms with Gasteiger partial charge in [0, 0.05) is 8.47 Å². The van der Waals surface area contributed by atoms with Gasteiger partial charge in [-0.15, -0.1) is 0 Å². The number of ether oxygens (including phenoxy) is 3. The van der Waals surface area contributed by atoms with Crippen molar-refractivity contribution in [2.45, 2.75) is 17.3 Å². The second-order valence-corrected chi connectivity index (χ2v) is 9.68. The lowest BCUT2D eigenvalue weighted by Crippen LogP contribution is -2.13. The molecule has 184 valence electrons. The van der Waals surface area contributed by atoms with Gasteiger partial charge in [-0.25, -0.2) is 4.79 Å². The molecule has 0 fully saturated rings. The number of carbonyl (C=O) groups is 1. The molecule has 3 aromatic rings. The van der Waals surface area contributed by atoms with Crippen molar-refractivity contribution in [1.82, 2.24) is 0 Å². The summed E-state index contributed by atoms with van der Waals surface area (Å²) in [7, 11) is 1.29. The lowest BCUT2D eigenvalue weighted by Gasteiger charge is -2.13. The van der Waals surface area contributed by atoms with Crippen molar-refractivity contribution in [2.75, 3.05) is 20.3 Å². The number of alkyl halides is 3. The Morgan fingerprint density at radius 1 is 0.971 bits per heavy atom. The second kappa shape index (κ2) is 12.3. The SMILES string of the molecule is COC(=O)COc1ccc(OC/C=C(\c2ccc(I)cc2)c2ccc(SC(F)(F)F)cc2)cc1C. The van der Waals surface area contributed by atoms with E-state index in [-0.39, 0.29) is 29.9 Å². The van der Waals surface area contributed by atoms with Gasteiger partial charge in [-0.1, -0.05) is 24.3 Å². The van der Waals surface area contributed by atoms with E-state index in [0.717, 1.165) is 25.8 Å². The maximum Gasteiger partial charge on any atom is 0.446 e. The minimum atomic E-state index is -4.33. The van der Waals surface area contributed by atoms with Gasteiger partial charge in [0.05, 0.1) is 7.11 Å². The number of hydrogen-bond acceptors (Lipinski definition) is 5. The average Bonchev–Trinajstić information content (AvgIpc) is 2.81. The fourth-order valence-electron chi connectivity index (χ4n) is 3.16. The molecule has 0 aliphatic rings. The maximum absolute atomic E-state index is 12.7. The highest BCUT2D eigenvalue weighted by atomic mass is 127. The van der Waals surface area contributed by atoms with Crippen LogP contribution in [0, 0.1) is 10.5 Å². The first-order chi connectivity index (χ1) is 16.6. The zero-order valence-electron chi connectivity index (χ0n) is 18.9. The van der Waals surface area contributed by atoms with E-state index in [1.807, 2.05) is 37.3 Å². The molecule has 3 rings (SSSR count). The Kier molecular flexibility index (Phi) is 9.50. The second-order valence-electron chi connectivity index (χ2n) is 7.30. The first-order valence-electron chi connectivity index (χ1n) is 10.4. The number of carbonyl (C=O) groups excluding carboxylic acids is 1. The van der Waals surface area contributed by atoms with Crippen LogP contribution in [0.4, 0.5) is 13.2 Å². The fraction of sp³-hybridized carbons (Fsp3) is 0.192. The van der Waals surface area contributed by atoms with Gasteiger partial charge >= 0.3 is 11.5 Å². The van der Waals surface area contributed by atoms with Gasteiger partial charge in [0.1, 0.15) is 18.1 Å². The predicted octanol–water partition coefficient (Wildman–Crippen LogP) is 7.27. The molecule has 35 heavy (non-hydrogen) atoms. The highest BCUT2D eigenvalue weighted by molar-refractivity contribution is 14.1. The molecule has 3 aromatic carbocycles. The summed E-state index contributed by atoms with van der Waals surface area (Å²) in [6, 6.07) is 19.4. The van der Waals surface area contributed by atoms with Crippen molar-refractivity contribution in [3.63, 3.8) is 0 Å². The van der Waals surface area contributed by atoms with Crippen molar-refractivity contribution in [1.29, 1.82) is 0 Å². The van der Waals surface area contributed by atoms with Crippen molar-refractivity contribution in [3.8, 4) is 11.5 Å². The molecule has 0 N–H and O–H groups in total. The van der Waals surface area contributed by atoms with E-state index in [0.29, 0.717) is 11.5 Å². The molecule has 0 saturated heterocycles. The number of rotatable bonds is 9. The van der Waals surface area contributed by atoms with Crippen LogP contribution in [0.2, 0.25) is 0 Å². The summed E-state index contributed by atoms with van der Waals surface area (Å²) in [5.74, 6) is 0.695. The summed E-state index contributed by atoms with van der Waals surface area (Å²) >= 11 is 2.08. The van der Waals surface area contributed by atoms with E-state index in [2.05, 4.69) is 27.3 Å². The molecule has 4 nitrogen and oxygen atoms in total. The highest BCUT2D eigenvalue weighted by Gasteiger charge is 2.29. The molecule has 0 aliphatic carbocycles. The van der Waals surface area contributed by atoms with Gasteiger partial charge in [-0.3, -0.25) is 0 Å². The molecule has 0 spiro atoms. The molecular weight excluding hydrogens is 592 g/mol. The molecule has 0 bridgehead atoms. The summed E-state index contributed by atoms with van der Waals surface area (Å²) in [6.45, 7) is 1.90. The van der Waals surface area contributed by atoms with E-state index in [9.17, 15) is 18.0 Å². The monoisotopic (exact) mass is 614 g/mol. The Balaban J connectivity index is 1.77. The van der Waals surface area contributed by atoms with Crippen LogP contribution in [-0.4, -0.2) is 31.8 Å². The van der Waals surface area contributed by atoms with Gasteiger partial charge in [0.25, 0.3) is 0 Å². The van der Waals surface area contributed by atoms with Gasteiger partial charge < -0.3 is 14.2 Å². The molecule has 0 aliphatic heterocycles. The molecule has 0 radical (unpaired) electrons. The van der Waals surface area contributed by atoms with Crippen LogP contribution in [0.1, 0.15) is 16.7 Å². The van der Waals surface area contributed by atoms with Crippen LogP contribution in [0.15, 0.2) is 77.7 Å². The van der Waals surface area contributed by atoms with Crippen molar-refractivity contribution < 1.29 is 32.2 Å². The molecule has 0 saturated carbocycles. The molecule has 0 amide bonds. The summed E-state index contributed by atoms with van der Waals surface area (Å²) in [6.07, 6.45) is 1.89. The van der Waals surface area contributed by atoms with E-state index < -0.39 is 11.5 Å². The lowest BCUT2D eigenvalue weighted by molar-refractivity contribution is -0.142. The topological polar surface area (TPSA) is 44.8 Å². The average molecular weight is 614 g/mol. The number of esters is 1. The van der Waals surface area contributed by atoms with Gasteiger partial charge in [-0.2, -0.15) is 13.2 Å². The van der Waals surface area contributed by atoms with Gasteiger partial charge in [0.2, 0.25) is 0 Å². The number of benzene rings is 3. The van der Waals surface area contributed by atoms with Crippen LogP contribution in [-0.2, 0) is 9.53 Å². The van der Waals surface area contributed by atoms with E-state index in [4.69, 9.17) is 9.47 Å². The van der Waals surface area contributed by atoms with Crippen LogP contribution in [0.3, 0.4) is 0 Å². The first kappa shape index (κ1) is 26.9. The maximum atomic E-state index is 12.7. The Hall–Kier alpha value is -2.66. The van der Waals surface area contributed by atoms with Crippen LogP contribution in [0.25, 0.3) is 5.57 Å². The number of hydrogen-bond donors (Lipinski definition) is 0. The summed E-state index contributed by atoms with van der Waals surface area (Å²) < 4.78 is 55.0. The molecule has 0 heterocycles. The van der Waals surface area contributed by atoms with Crippen molar-refractivity contribution in [2.24, 2.45) is 0 Å². The number of methoxy groups -OCH3 is 1. The van der Waals surface area contributed by atoms with Crippen molar-refractivity contribution >= 4 is 45.9 Å². The molecule has 0 aromatic heterocycles.